The molecule has 0 atom stereocenters. The zero-order valence-electron chi connectivity index (χ0n) is 12.1. The number of rotatable bonds is 5. The molecule has 2 aromatic rings. The first kappa shape index (κ1) is 14.3. The molecule has 0 amide bonds. The van der Waals surface area contributed by atoms with Gasteiger partial charge in [0.1, 0.15) is 0 Å². The van der Waals surface area contributed by atoms with Crippen molar-refractivity contribution in [2.45, 2.75) is 26.7 Å². The summed E-state index contributed by atoms with van der Waals surface area (Å²) in [7, 11) is 0. The van der Waals surface area contributed by atoms with Crippen LogP contribution in [0.15, 0.2) is 48.5 Å². The van der Waals surface area contributed by atoms with Gasteiger partial charge >= 0.3 is 5.97 Å². The van der Waals surface area contributed by atoms with E-state index in [1.807, 2.05) is 24.3 Å². The van der Waals surface area contributed by atoms with Crippen molar-refractivity contribution in [2.75, 3.05) is 6.61 Å². The maximum atomic E-state index is 11.9. The molecule has 0 aliphatic heterocycles. The van der Waals surface area contributed by atoms with E-state index < -0.39 is 0 Å². The van der Waals surface area contributed by atoms with Gasteiger partial charge in [0.15, 0.2) is 0 Å². The minimum Gasteiger partial charge on any atom is -0.462 e. The van der Waals surface area contributed by atoms with E-state index in [2.05, 4.69) is 32.0 Å². The van der Waals surface area contributed by atoms with Gasteiger partial charge in [0, 0.05) is 0 Å². The van der Waals surface area contributed by atoms with Gasteiger partial charge in [-0.05, 0) is 36.6 Å². The first-order chi connectivity index (χ1) is 9.70. The van der Waals surface area contributed by atoms with Crippen LogP contribution in [0.4, 0.5) is 0 Å². The molecular formula is C18H20O2. The lowest BCUT2D eigenvalue weighted by molar-refractivity contribution is 0.0500. The molecule has 0 bridgehead atoms. The van der Waals surface area contributed by atoms with Crippen molar-refractivity contribution in [3.8, 4) is 11.1 Å². The van der Waals surface area contributed by atoms with E-state index in [1.54, 1.807) is 6.07 Å². The molecule has 0 aliphatic rings. The predicted octanol–water partition coefficient (Wildman–Crippen LogP) is 4.62. The third-order valence-corrected chi connectivity index (χ3v) is 3.18. The number of benzene rings is 2. The van der Waals surface area contributed by atoms with Crippen molar-refractivity contribution >= 4 is 5.97 Å². The lowest BCUT2D eigenvalue weighted by Gasteiger charge is -2.07. The van der Waals surface area contributed by atoms with Crippen molar-refractivity contribution in [3.05, 3.63) is 59.7 Å². The fraction of sp³-hybridized carbons (Fsp3) is 0.278. The number of ether oxygens (including phenoxy) is 1. The van der Waals surface area contributed by atoms with E-state index in [0.29, 0.717) is 12.2 Å². The van der Waals surface area contributed by atoms with Crippen LogP contribution in [0.5, 0.6) is 0 Å². The van der Waals surface area contributed by atoms with Gasteiger partial charge in [0.25, 0.3) is 0 Å². The summed E-state index contributed by atoms with van der Waals surface area (Å²) in [5, 5.41) is 0. The Morgan fingerprint density at radius 3 is 2.45 bits per heavy atom. The topological polar surface area (TPSA) is 26.3 Å². The van der Waals surface area contributed by atoms with Crippen molar-refractivity contribution in [1.82, 2.24) is 0 Å². The monoisotopic (exact) mass is 268 g/mol. The van der Waals surface area contributed by atoms with Crippen LogP contribution in [0.25, 0.3) is 11.1 Å². The third-order valence-electron chi connectivity index (χ3n) is 3.18. The highest BCUT2D eigenvalue weighted by Gasteiger charge is 2.08. The van der Waals surface area contributed by atoms with Crippen LogP contribution in [0.1, 0.15) is 35.7 Å². The number of carbonyl (C=O) groups is 1. The molecule has 0 saturated heterocycles. The number of esters is 1. The molecule has 0 spiro atoms. The number of carbonyl (C=O) groups excluding carboxylic acids is 1. The lowest BCUT2D eigenvalue weighted by Crippen LogP contribution is -2.06. The van der Waals surface area contributed by atoms with Crippen LogP contribution in [0.3, 0.4) is 0 Å². The minimum absolute atomic E-state index is 0.243. The molecule has 0 unspecified atom stereocenters. The number of hydrogen-bond donors (Lipinski definition) is 0. The summed E-state index contributed by atoms with van der Waals surface area (Å²) in [5.74, 6) is -0.243. The zero-order valence-corrected chi connectivity index (χ0v) is 12.1. The molecule has 0 heterocycles. The van der Waals surface area contributed by atoms with Crippen LogP contribution in [-0.4, -0.2) is 12.6 Å². The number of hydrogen-bond acceptors (Lipinski definition) is 2. The highest BCUT2D eigenvalue weighted by Crippen LogP contribution is 2.21. The lowest BCUT2D eigenvalue weighted by atomic mass is 10.0. The average Bonchev–Trinajstić information content (AvgIpc) is 2.47. The molecule has 0 aliphatic carbocycles. The Hall–Kier alpha value is -2.09. The van der Waals surface area contributed by atoms with E-state index in [0.717, 1.165) is 24.0 Å². The quantitative estimate of drug-likeness (QED) is 0.584. The molecule has 104 valence electrons. The number of unbranched alkanes of at least 4 members (excludes halogenated alkanes) is 1. The summed E-state index contributed by atoms with van der Waals surface area (Å²) < 4.78 is 5.24. The smallest absolute Gasteiger partial charge is 0.338 e. The van der Waals surface area contributed by atoms with Crippen LogP contribution in [-0.2, 0) is 4.74 Å². The van der Waals surface area contributed by atoms with Crippen molar-refractivity contribution in [2.24, 2.45) is 0 Å². The van der Waals surface area contributed by atoms with Gasteiger partial charge < -0.3 is 4.74 Å². The molecule has 0 saturated carbocycles. The Morgan fingerprint density at radius 1 is 1.05 bits per heavy atom. The Balaban J connectivity index is 2.17. The van der Waals surface area contributed by atoms with Crippen LogP contribution in [0.2, 0.25) is 0 Å². The van der Waals surface area contributed by atoms with Crippen LogP contribution in [0, 0.1) is 6.92 Å². The highest BCUT2D eigenvalue weighted by atomic mass is 16.5. The fourth-order valence-corrected chi connectivity index (χ4v) is 2.04. The van der Waals surface area contributed by atoms with E-state index >= 15 is 0 Å². The van der Waals surface area contributed by atoms with Crippen molar-refractivity contribution < 1.29 is 9.53 Å². The van der Waals surface area contributed by atoms with Crippen LogP contribution < -0.4 is 0 Å². The van der Waals surface area contributed by atoms with Gasteiger partial charge in [0.2, 0.25) is 0 Å². The molecule has 20 heavy (non-hydrogen) atoms. The van der Waals surface area contributed by atoms with Gasteiger partial charge in [-0.15, -0.1) is 0 Å². The Labute approximate surface area is 120 Å². The zero-order chi connectivity index (χ0) is 14.4. The summed E-state index contributed by atoms with van der Waals surface area (Å²) in [6.07, 6.45) is 1.93. The van der Waals surface area contributed by atoms with E-state index in [-0.39, 0.29) is 5.97 Å². The summed E-state index contributed by atoms with van der Waals surface area (Å²) in [5.41, 5.74) is 3.98. The second-order valence-electron chi connectivity index (χ2n) is 4.94. The second kappa shape index (κ2) is 6.90. The van der Waals surface area contributed by atoms with Gasteiger partial charge in [-0.1, -0.05) is 55.3 Å². The Morgan fingerprint density at radius 2 is 1.75 bits per heavy atom. The van der Waals surface area contributed by atoms with Gasteiger partial charge in [-0.2, -0.15) is 0 Å². The Kier molecular flexibility index (Phi) is 4.94. The standard InChI is InChI=1S/C18H20O2/c1-3-4-11-20-18(19)17-10-6-9-16(13-17)15-8-5-7-14(2)12-15/h5-10,12-13H,3-4,11H2,1-2H3. The average molecular weight is 268 g/mol. The predicted molar refractivity (Wildman–Crippen MR) is 81.8 cm³/mol. The molecule has 0 aromatic heterocycles. The molecular weight excluding hydrogens is 248 g/mol. The molecule has 2 rings (SSSR count). The van der Waals surface area contributed by atoms with Crippen molar-refractivity contribution in [3.63, 3.8) is 0 Å². The largest absolute Gasteiger partial charge is 0.462 e. The van der Waals surface area contributed by atoms with E-state index in [9.17, 15) is 4.79 Å². The maximum absolute atomic E-state index is 11.9. The minimum atomic E-state index is -0.243. The van der Waals surface area contributed by atoms with Gasteiger partial charge in [0.05, 0.1) is 12.2 Å². The normalized spacial score (nSPS) is 10.3. The molecule has 2 nitrogen and oxygen atoms in total. The van der Waals surface area contributed by atoms with E-state index in [1.165, 1.54) is 5.56 Å². The summed E-state index contributed by atoms with van der Waals surface area (Å²) in [4.78, 5) is 11.9. The summed E-state index contributed by atoms with van der Waals surface area (Å²) in [6.45, 7) is 4.63. The molecule has 2 heteroatoms. The molecule has 2 aromatic carbocycles. The first-order valence-electron chi connectivity index (χ1n) is 7.05. The van der Waals surface area contributed by atoms with Crippen molar-refractivity contribution in [1.29, 1.82) is 0 Å². The maximum Gasteiger partial charge on any atom is 0.338 e. The van der Waals surface area contributed by atoms with Gasteiger partial charge in [-0.3, -0.25) is 0 Å². The second-order valence-corrected chi connectivity index (χ2v) is 4.94. The summed E-state index contributed by atoms with van der Waals surface area (Å²) >= 11 is 0. The third kappa shape index (κ3) is 3.70. The SMILES string of the molecule is CCCCOC(=O)c1cccc(-c2cccc(C)c2)c1. The highest BCUT2D eigenvalue weighted by molar-refractivity contribution is 5.91. The summed E-state index contributed by atoms with van der Waals surface area (Å²) in [6, 6.07) is 15.8. The number of aryl methyl sites for hydroxylation is 1. The van der Waals surface area contributed by atoms with E-state index in [4.69, 9.17) is 4.74 Å². The molecule has 0 radical (unpaired) electrons. The molecule has 0 N–H and O–H groups in total. The van der Waals surface area contributed by atoms with Crippen LogP contribution >= 0.6 is 0 Å². The molecule has 0 fully saturated rings. The first-order valence-corrected chi connectivity index (χ1v) is 7.05. The fourth-order valence-electron chi connectivity index (χ4n) is 2.04. The Bertz CT molecular complexity index is 587. The van der Waals surface area contributed by atoms with Gasteiger partial charge in [-0.25, -0.2) is 4.79 Å².